The van der Waals surface area contributed by atoms with Crippen LogP contribution in [-0.4, -0.2) is 82.4 Å². The fourth-order valence-electron chi connectivity index (χ4n) is 6.66. The van der Waals surface area contributed by atoms with Crippen molar-refractivity contribution in [2.45, 2.75) is 57.3 Å². The third kappa shape index (κ3) is 7.37. The first-order valence-electron chi connectivity index (χ1n) is 16.3. The number of carbonyl (C=O) groups is 1. The summed E-state index contributed by atoms with van der Waals surface area (Å²) in [5.41, 5.74) is 3.75. The van der Waals surface area contributed by atoms with Crippen LogP contribution in [0.1, 0.15) is 70.6 Å². The zero-order valence-electron chi connectivity index (χ0n) is 26.6. The lowest BCUT2D eigenvalue weighted by Gasteiger charge is -2.47. The Balaban J connectivity index is 0.970. The molecule has 4 aromatic rings. The predicted molar refractivity (Wildman–Crippen MR) is 182 cm³/mol. The van der Waals surface area contributed by atoms with Gasteiger partial charge in [0.2, 0.25) is 5.56 Å². The van der Waals surface area contributed by atoms with Crippen molar-refractivity contribution < 1.29 is 19.7 Å². The van der Waals surface area contributed by atoms with Gasteiger partial charge in [-0.05, 0) is 66.6 Å². The summed E-state index contributed by atoms with van der Waals surface area (Å²) in [7, 11) is 0. The van der Waals surface area contributed by atoms with Gasteiger partial charge in [0.05, 0.1) is 35.9 Å². The first kappa shape index (κ1) is 32.4. The second-order valence-corrected chi connectivity index (χ2v) is 13.9. The smallest absolute Gasteiger partial charge is 0.254 e. The molecule has 2 aliphatic rings. The van der Waals surface area contributed by atoms with Gasteiger partial charge in [0, 0.05) is 54.4 Å². The third-order valence-corrected chi connectivity index (χ3v) is 10.6. The first-order valence-corrected chi connectivity index (χ1v) is 17.1. The van der Waals surface area contributed by atoms with E-state index in [1.54, 1.807) is 23.5 Å². The molecule has 10 heteroatoms. The Hall–Kier alpha value is -3.54. The Morgan fingerprint density at radius 3 is 2.67 bits per heavy atom. The molecule has 1 spiro atoms. The van der Waals surface area contributed by atoms with Crippen molar-refractivity contribution in [2.75, 3.05) is 45.9 Å². The number of thiophene rings is 1. The van der Waals surface area contributed by atoms with Crippen LogP contribution in [0.4, 0.5) is 0 Å². The number of phenolic OH excluding ortho intramolecular Hbond substituents is 1. The van der Waals surface area contributed by atoms with E-state index in [4.69, 9.17) is 4.74 Å². The number of hydrogen-bond acceptors (Lipinski definition) is 8. The minimum atomic E-state index is -0.783. The lowest BCUT2D eigenvalue weighted by atomic mass is 9.89. The van der Waals surface area contributed by atoms with Crippen LogP contribution in [0, 0.1) is 0 Å². The highest BCUT2D eigenvalue weighted by molar-refractivity contribution is 7.10. The van der Waals surface area contributed by atoms with Gasteiger partial charge in [-0.3, -0.25) is 14.5 Å². The summed E-state index contributed by atoms with van der Waals surface area (Å²) < 4.78 is 6.35. The fourth-order valence-corrected chi connectivity index (χ4v) is 7.56. The fraction of sp³-hybridized carbons (Fsp3) is 0.444. The molecule has 2 saturated heterocycles. The van der Waals surface area contributed by atoms with E-state index in [0.717, 1.165) is 44.5 Å². The number of phenols is 1. The summed E-state index contributed by atoms with van der Waals surface area (Å²) in [6, 6.07) is 17.0. The standard InChI is InChI=1S/C36H44N4O5S/c1-24(2)32-19-27(22-46-32)35(44)40-16-17-45-36(23-40)11-14-39(15-12-36)21-26-5-3-4-25(18-26)10-13-37-20-31(42)28-6-8-30(41)34-29(28)7-9-33(43)38-34/h3-9,18-19,22,24,31,37,41-42H,10-17,20-21,23H2,1-2H3,(H,38,43). The van der Waals surface area contributed by atoms with Gasteiger partial charge in [-0.25, -0.2) is 0 Å². The minimum absolute atomic E-state index is 0.0176. The number of nitrogens with zero attached hydrogens (tertiary/aromatic N) is 2. The Kier molecular flexibility index (Phi) is 9.91. The highest BCUT2D eigenvalue weighted by atomic mass is 32.1. The van der Waals surface area contributed by atoms with Crippen molar-refractivity contribution in [3.05, 3.63) is 97.5 Å². The highest BCUT2D eigenvalue weighted by Crippen LogP contribution is 2.33. The SMILES string of the molecule is CC(C)c1cc(C(=O)N2CCOC3(CCN(Cc4cccc(CCNCC(O)c5ccc(O)c6[nH]c(=O)ccc56)c4)CC3)C2)cs1. The Bertz CT molecular complexity index is 1720. The number of piperidine rings is 1. The number of aliphatic hydroxyl groups excluding tert-OH is 1. The van der Waals surface area contributed by atoms with Crippen molar-refractivity contribution in [1.29, 1.82) is 0 Å². The summed E-state index contributed by atoms with van der Waals surface area (Å²) in [6.07, 6.45) is 1.87. The number of carbonyl (C=O) groups excluding carboxylic acids is 1. The second kappa shape index (κ2) is 14.1. The number of aromatic hydroxyl groups is 1. The maximum Gasteiger partial charge on any atom is 0.254 e. The van der Waals surface area contributed by atoms with Crippen LogP contribution in [0.2, 0.25) is 0 Å². The van der Waals surface area contributed by atoms with E-state index >= 15 is 0 Å². The average Bonchev–Trinajstić information content (AvgIpc) is 3.56. The van der Waals surface area contributed by atoms with Crippen molar-refractivity contribution in [3.63, 3.8) is 0 Å². The second-order valence-electron chi connectivity index (χ2n) is 13.0. The van der Waals surface area contributed by atoms with E-state index in [0.29, 0.717) is 55.2 Å². The zero-order valence-corrected chi connectivity index (χ0v) is 27.4. The summed E-state index contributed by atoms with van der Waals surface area (Å²) in [5.74, 6) is 0.536. The number of aliphatic hydroxyl groups is 1. The molecule has 244 valence electrons. The summed E-state index contributed by atoms with van der Waals surface area (Å²) in [6.45, 7) is 10.0. The molecule has 0 saturated carbocycles. The quantitative estimate of drug-likeness (QED) is 0.183. The number of H-pyrrole nitrogens is 1. The number of fused-ring (bicyclic) bond motifs is 1. The number of rotatable bonds is 10. The number of likely N-dealkylation sites (tertiary alicyclic amines) is 1. The van der Waals surface area contributed by atoms with Gasteiger partial charge in [-0.1, -0.05) is 44.2 Å². The first-order chi connectivity index (χ1) is 22.2. The maximum atomic E-state index is 13.3. The number of benzene rings is 2. The van der Waals surface area contributed by atoms with E-state index in [1.807, 2.05) is 10.3 Å². The molecule has 2 fully saturated rings. The third-order valence-electron chi connectivity index (χ3n) is 9.33. The number of hydrogen-bond donors (Lipinski definition) is 4. The van der Waals surface area contributed by atoms with Crippen LogP contribution >= 0.6 is 11.3 Å². The molecule has 2 aliphatic heterocycles. The molecule has 1 amide bonds. The van der Waals surface area contributed by atoms with Gasteiger partial charge in [-0.2, -0.15) is 0 Å². The molecule has 4 heterocycles. The van der Waals surface area contributed by atoms with E-state index in [9.17, 15) is 19.8 Å². The van der Waals surface area contributed by atoms with E-state index < -0.39 is 6.10 Å². The molecule has 46 heavy (non-hydrogen) atoms. The topological polar surface area (TPSA) is 118 Å². The van der Waals surface area contributed by atoms with Gasteiger partial charge in [0.1, 0.15) is 5.75 Å². The van der Waals surface area contributed by atoms with Crippen LogP contribution in [0.15, 0.2) is 64.8 Å². The Morgan fingerprint density at radius 1 is 1.09 bits per heavy atom. The minimum Gasteiger partial charge on any atom is -0.506 e. The molecule has 9 nitrogen and oxygen atoms in total. The molecule has 0 radical (unpaired) electrons. The number of aromatic nitrogens is 1. The molecular formula is C36H44N4O5S. The molecular weight excluding hydrogens is 600 g/mol. The largest absolute Gasteiger partial charge is 0.506 e. The number of morpholine rings is 1. The number of ether oxygens (including phenoxy) is 1. The summed E-state index contributed by atoms with van der Waals surface area (Å²) >= 11 is 1.67. The van der Waals surface area contributed by atoms with E-state index in [-0.39, 0.29) is 22.8 Å². The monoisotopic (exact) mass is 644 g/mol. The molecule has 6 rings (SSSR count). The lowest BCUT2D eigenvalue weighted by molar-refractivity contribution is -0.127. The Morgan fingerprint density at radius 2 is 1.89 bits per heavy atom. The lowest BCUT2D eigenvalue weighted by Crippen LogP contribution is -2.57. The van der Waals surface area contributed by atoms with Crippen LogP contribution in [0.5, 0.6) is 5.75 Å². The summed E-state index contributed by atoms with van der Waals surface area (Å²) in [4.78, 5) is 33.4. The van der Waals surface area contributed by atoms with Crippen molar-refractivity contribution in [1.82, 2.24) is 20.1 Å². The van der Waals surface area contributed by atoms with Crippen LogP contribution in [0.25, 0.3) is 10.9 Å². The van der Waals surface area contributed by atoms with Crippen LogP contribution in [-0.2, 0) is 17.7 Å². The number of nitrogens with one attached hydrogen (secondary N) is 2. The normalized spacial score (nSPS) is 17.6. The highest BCUT2D eigenvalue weighted by Gasteiger charge is 2.41. The van der Waals surface area contributed by atoms with Crippen LogP contribution in [0.3, 0.4) is 0 Å². The molecule has 0 aliphatic carbocycles. The molecule has 1 atom stereocenters. The average molecular weight is 645 g/mol. The number of aromatic amines is 1. The van der Waals surface area contributed by atoms with Crippen molar-refractivity contribution in [3.8, 4) is 5.75 Å². The summed E-state index contributed by atoms with van der Waals surface area (Å²) in [5, 5.41) is 26.9. The maximum absolute atomic E-state index is 13.3. The van der Waals surface area contributed by atoms with E-state index in [2.05, 4.69) is 59.4 Å². The molecule has 2 aromatic heterocycles. The van der Waals surface area contributed by atoms with Gasteiger partial charge >= 0.3 is 0 Å². The molecule has 2 aromatic carbocycles. The predicted octanol–water partition coefficient (Wildman–Crippen LogP) is 4.79. The van der Waals surface area contributed by atoms with Crippen molar-refractivity contribution >= 4 is 28.1 Å². The van der Waals surface area contributed by atoms with Gasteiger partial charge in [-0.15, -0.1) is 11.3 Å². The number of pyridine rings is 1. The van der Waals surface area contributed by atoms with E-state index in [1.165, 1.54) is 28.1 Å². The van der Waals surface area contributed by atoms with Crippen molar-refractivity contribution in [2.24, 2.45) is 0 Å². The van der Waals surface area contributed by atoms with Gasteiger partial charge in [0.25, 0.3) is 5.91 Å². The van der Waals surface area contributed by atoms with Gasteiger partial charge < -0.3 is 30.2 Å². The van der Waals surface area contributed by atoms with Crippen LogP contribution < -0.4 is 10.9 Å². The molecule has 0 bridgehead atoms. The zero-order chi connectivity index (χ0) is 32.3. The Labute approximate surface area is 273 Å². The molecule has 1 unspecified atom stereocenters. The number of amides is 1. The van der Waals surface area contributed by atoms with Gasteiger partial charge in [0.15, 0.2) is 0 Å². The molecule has 4 N–H and O–H groups in total.